The molecule has 2 fully saturated rings. The number of hydrogen-bond donors (Lipinski definition) is 1. The third kappa shape index (κ3) is 1.62. The van der Waals surface area contributed by atoms with Crippen molar-refractivity contribution in [3.05, 3.63) is 29.3 Å². The third-order valence-corrected chi connectivity index (χ3v) is 5.82. The molecule has 0 aromatic carbocycles. The van der Waals surface area contributed by atoms with Gasteiger partial charge in [0.05, 0.1) is 17.6 Å². The van der Waals surface area contributed by atoms with E-state index in [9.17, 15) is 0 Å². The number of H-pyrrole nitrogens is 1. The van der Waals surface area contributed by atoms with Crippen LogP contribution in [0.4, 0.5) is 0 Å². The molecular formula is C17H20N2O2. The summed E-state index contributed by atoms with van der Waals surface area (Å²) in [7, 11) is 0. The third-order valence-electron chi connectivity index (χ3n) is 5.82. The van der Waals surface area contributed by atoms with Crippen molar-refractivity contribution in [3.8, 4) is 11.3 Å². The molecule has 0 amide bonds. The summed E-state index contributed by atoms with van der Waals surface area (Å²) in [5.41, 5.74) is 4.93. The molecule has 2 aliphatic carbocycles. The van der Waals surface area contributed by atoms with Gasteiger partial charge >= 0.3 is 0 Å². The normalized spacial score (nSPS) is 33.8. The topological polar surface area (TPSA) is 51.0 Å². The van der Waals surface area contributed by atoms with Crippen molar-refractivity contribution >= 4 is 0 Å². The van der Waals surface area contributed by atoms with Gasteiger partial charge in [-0.15, -0.1) is 0 Å². The van der Waals surface area contributed by atoms with Gasteiger partial charge in [0.15, 0.2) is 0 Å². The number of aromatic nitrogens is 2. The molecule has 3 heterocycles. The molecule has 5 rings (SSSR count). The Morgan fingerprint density at radius 2 is 2.38 bits per heavy atom. The summed E-state index contributed by atoms with van der Waals surface area (Å²) in [6.07, 6.45) is 7.60. The fraction of sp³-hybridized carbons (Fsp3) is 0.588. The van der Waals surface area contributed by atoms with Crippen LogP contribution in [0.1, 0.15) is 36.3 Å². The van der Waals surface area contributed by atoms with E-state index in [2.05, 4.69) is 10.2 Å². The minimum absolute atomic E-state index is 0.0895. The summed E-state index contributed by atoms with van der Waals surface area (Å²) in [5, 5.41) is 7.82. The van der Waals surface area contributed by atoms with Gasteiger partial charge in [0.2, 0.25) is 0 Å². The number of aromatic amines is 1. The Hall–Kier alpha value is -1.55. The Balaban J connectivity index is 1.57. The molecule has 1 saturated heterocycles. The quantitative estimate of drug-likeness (QED) is 0.874. The lowest BCUT2D eigenvalue weighted by molar-refractivity contribution is -0.0964. The minimum atomic E-state index is 0.0895. The second kappa shape index (κ2) is 4.01. The van der Waals surface area contributed by atoms with Crippen LogP contribution in [-0.4, -0.2) is 22.4 Å². The van der Waals surface area contributed by atoms with E-state index in [1.165, 1.54) is 24.1 Å². The first kappa shape index (κ1) is 12.0. The number of hydrogen-bond acceptors (Lipinski definition) is 3. The summed E-state index contributed by atoms with van der Waals surface area (Å²) in [4.78, 5) is 0. The van der Waals surface area contributed by atoms with Crippen LogP contribution in [0.5, 0.6) is 0 Å². The molecule has 1 N–H and O–H groups in total. The maximum Gasteiger partial charge on any atom is 0.110 e. The highest BCUT2D eigenvalue weighted by atomic mass is 16.5. The summed E-state index contributed by atoms with van der Waals surface area (Å²) >= 11 is 0. The lowest BCUT2D eigenvalue weighted by atomic mass is 9.77. The number of ether oxygens (including phenoxy) is 1. The number of aryl methyl sites for hydroxylation is 2. The van der Waals surface area contributed by atoms with Gasteiger partial charge in [-0.1, -0.05) is 0 Å². The summed E-state index contributed by atoms with van der Waals surface area (Å²) in [6.45, 7) is 2.94. The Morgan fingerprint density at radius 1 is 1.43 bits per heavy atom. The van der Waals surface area contributed by atoms with E-state index in [1.807, 2.05) is 13.0 Å². The summed E-state index contributed by atoms with van der Waals surface area (Å²) in [5.74, 6) is 2.65. The second-order valence-corrected chi connectivity index (χ2v) is 6.90. The van der Waals surface area contributed by atoms with E-state index >= 15 is 0 Å². The highest BCUT2D eigenvalue weighted by Crippen LogP contribution is 2.57. The Bertz CT molecular complexity index is 701. The molecule has 3 aliphatic rings. The van der Waals surface area contributed by atoms with E-state index in [-0.39, 0.29) is 5.60 Å². The van der Waals surface area contributed by atoms with Gasteiger partial charge in [0.1, 0.15) is 5.76 Å². The van der Waals surface area contributed by atoms with Crippen molar-refractivity contribution in [1.82, 2.24) is 10.2 Å². The van der Waals surface area contributed by atoms with Gasteiger partial charge in [-0.25, -0.2) is 0 Å². The van der Waals surface area contributed by atoms with E-state index in [1.54, 1.807) is 6.26 Å². The molecule has 2 aromatic heterocycles. The average molecular weight is 284 g/mol. The lowest BCUT2D eigenvalue weighted by Crippen LogP contribution is -2.44. The molecule has 2 aromatic rings. The van der Waals surface area contributed by atoms with Gasteiger partial charge in [-0.2, -0.15) is 5.10 Å². The number of nitrogens with one attached hydrogen (secondary N) is 1. The largest absolute Gasteiger partial charge is 0.469 e. The van der Waals surface area contributed by atoms with Gasteiger partial charge < -0.3 is 9.15 Å². The highest BCUT2D eigenvalue weighted by Gasteiger charge is 2.57. The van der Waals surface area contributed by atoms with Crippen LogP contribution in [-0.2, 0) is 17.6 Å². The minimum Gasteiger partial charge on any atom is -0.469 e. The summed E-state index contributed by atoms with van der Waals surface area (Å²) in [6, 6.07) is 2.02. The zero-order chi connectivity index (χ0) is 14.0. The molecule has 1 saturated carbocycles. The first-order valence-electron chi connectivity index (χ1n) is 8.01. The van der Waals surface area contributed by atoms with Crippen LogP contribution in [0.3, 0.4) is 0 Å². The van der Waals surface area contributed by atoms with E-state index < -0.39 is 0 Å². The second-order valence-electron chi connectivity index (χ2n) is 6.90. The van der Waals surface area contributed by atoms with Crippen molar-refractivity contribution in [3.63, 3.8) is 0 Å². The molecule has 1 aliphatic heterocycles. The van der Waals surface area contributed by atoms with Crippen LogP contribution in [0.15, 0.2) is 16.7 Å². The van der Waals surface area contributed by atoms with Crippen LogP contribution in [0.25, 0.3) is 11.3 Å². The van der Waals surface area contributed by atoms with Gasteiger partial charge in [-0.05, 0) is 50.5 Å². The lowest BCUT2D eigenvalue weighted by Gasteiger charge is -2.40. The Labute approximate surface area is 123 Å². The van der Waals surface area contributed by atoms with Crippen LogP contribution in [0, 0.1) is 18.8 Å². The number of rotatable bonds is 1. The van der Waals surface area contributed by atoms with E-state index in [0.717, 1.165) is 54.7 Å². The van der Waals surface area contributed by atoms with Crippen molar-refractivity contribution in [2.75, 3.05) is 6.61 Å². The standard InChI is InChI=1S/C17H20N2O2/c1-10-12(4-6-20-10)16-13-9-17(5-2-15(13)18-19-16)14-8-11(14)3-7-21-17/h4,6,11,14H,2-3,5,7-9H2,1H3,(H,18,19). The molecule has 4 nitrogen and oxygen atoms in total. The van der Waals surface area contributed by atoms with Gasteiger partial charge in [-0.3, -0.25) is 5.10 Å². The van der Waals surface area contributed by atoms with Gasteiger partial charge in [0, 0.05) is 29.8 Å². The fourth-order valence-electron chi connectivity index (χ4n) is 4.55. The molecule has 3 atom stereocenters. The van der Waals surface area contributed by atoms with Crippen molar-refractivity contribution in [1.29, 1.82) is 0 Å². The molecule has 1 spiro atoms. The first-order valence-corrected chi connectivity index (χ1v) is 8.01. The molecule has 3 unspecified atom stereocenters. The van der Waals surface area contributed by atoms with Gasteiger partial charge in [0.25, 0.3) is 0 Å². The maximum atomic E-state index is 6.32. The average Bonchev–Trinajstić information content (AvgIpc) is 3.02. The monoisotopic (exact) mass is 284 g/mol. The smallest absolute Gasteiger partial charge is 0.110 e. The molecule has 0 radical (unpaired) electrons. The molecule has 4 heteroatoms. The molecule has 110 valence electrons. The predicted octanol–water partition coefficient (Wildman–Crippen LogP) is 3.26. The SMILES string of the molecule is Cc1occc1-c1n[nH]c2c1CC1(CC2)OCCC2CC21. The van der Waals surface area contributed by atoms with Crippen molar-refractivity contribution in [2.24, 2.45) is 11.8 Å². The number of furan rings is 1. The van der Waals surface area contributed by atoms with Crippen molar-refractivity contribution < 1.29 is 9.15 Å². The fourth-order valence-corrected chi connectivity index (χ4v) is 4.55. The molecule has 0 bridgehead atoms. The Kier molecular flexibility index (Phi) is 2.30. The summed E-state index contributed by atoms with van der Waals surface area (Å²) < 4.78 is 11.8. The maximum absolute atomic E-state index is 6.32. The first-order chi connectivity index (χ1) is 10.3. The van der Waals surface area contributed by atoms with E-state index in [4.69, 9.17) is 9.15 Å². The van der Waals surface area contributed by atoms with E-state index in [0.29, 0.717) is 0 Å². The zero-order valence-electron chi connectivity index (χ0n) is 12.3. The zero-order valence-corrected chi connectivity index (χ0v) is 12.3. The highest BCUT2D eigenvalue weighted by molar-refractivity contribution is 5.66. The Morgan fingerprint density at radius 3 is 3.24 bits per heavy atom. The number of fused-ring (bicyclic) bond motifs is 3. The van der Waals surface area contributed by atoms with Crippen molar-refractivity contribution in [2.45, 2.75) is 44.6 Å². The van der Waals surface area contributed by atoms with Crippen LogP contribution >= 0.6 is 0 Å². The number of nitrogens with zero attached hydrogens (tertiary/aromatic N) is 1. The van der Waals surface area contributed by atoms with Crippen LogP contribution in [0.2, 0.25) is 0 Å². The molecular weight excluding hydrogens is 264 g/mol. The van der Waals surface area contributed by atoms with Crippen LogP contribution < -0.4 is 0 Å². The predicted molar refractivity (Wildman–Crippen MR) is 77.9 cm³/mol. The molecule has 21 heavy (non-hydrogen) atoms.